The fourth-order valence-corrected chi connectivity index (χ4v) is 9.72. The first-order valence-electron chi connectivity index (χ1n) is 19.5. The van der Waals surface area contributed by atoms with Gasteiger partial charge in [0.05, 0.1) is 11.0 Å². The zero-order valence-corrected chi connectivity index (χ0v) is 33.0. The van der Waals surface area contributed by atoms with Crippen molar-refractivity contribution in [1.82, 2.24) is 19.5 Å². The first-order valence-corrected chi connectivity index (χ1v) is 19.5. The molecule has 2 heterocycles. The van der Waals surface area contributed by atoms with Crippen molar-refractivity contribution in [2.45, 2.75) is 71.6 Å². The Balaban J connectivity index is 1.20. The summed E-state index contributed by atoms with van der Waals surface area (Å²) >= 11 is 0. The molecule has 0 N–H and O–H groups in total. The van der Waals surface area contributed by atoms with E-state index in [1.165, 1.54) is 55.2 Å². The number of fused-ring (bicyclic) bond motifs is 7. The molecule has 0 aliphatic heterocycles. The Morgan fingerprint density at radius 1 is 0.400 bits per heavy atom. The molecule has 0 unspecified atom stereocenters. The first kappa shape index (κ1) is 33.7. The summed E-state index contributed by atoms with van der Waals surface area (Å²) in [4.78, 5) is 15.0. The molecule has 270 valence electrons. The highest BCUT2D eigenvalue weighted by Crippen LogP contribution is 2.62. The fraction of sp³-hybridized carbons (Fsp3) is 0.235. The van der Waals surface area contributed by atoms with Crippen LogP contribution in [0.3, 0.4) is 0 Å². The molecule has 0 atom stereocenters. The zero-order valence-electron chi connectivity index (χ0n) is 33.0. The second-order valence-electron chi connectivity index (χ2n) is 17.8. The highest BCUT2D eigenvalue weighted by molar-refractivity contribution is 6.12. The van der Waals surface area contributed by atoms with Gasteiger partial charge < -0.3 is 4.57 Å². The third-order valence-electron chi connectivity index (χ3n) is 14.2. The molecule has 0 saturated carbocycles. The summed E-state index contributed by atoms with van der Waals surface area (Å²) in [7, 11) is 0. The van der Waals surface area contributed by atoms with E-state index in [1.54, 1.807) is 0 Å². The number of hydrogen-bond acceptors (Lipinski definition) is 3. The van der Waals surface area contributed by atoms with E-state index < -0.39 is 0 Å². The normalized spacial score (nSPS) is 16.9. The van der Waals surface area contributed by atoms with Crippen molar-refractivity contribution in [1.29, 1.82) is 0 Å². The van der Waals surface area contributed by atoms with Gasteiger partial charge in [0, 0.05) is 38.6 Å². The molecule has 0 fully saturated rings. The highest BCUT2D eigenvalue weighted by atomic mass is 15.0. The molecule has 10 rings (SSSR count). The van der Waals surface area contributed by atoms with Crippen LogP contribution in [-0.4, -0.2) is 19.5 Å². The standard InChI is InChI=1S/C51H46N4/c1-48(2)39-22-16-15-21-35(39)36-27-37-38-28-41-42(50(5,6)51(7,8)49(41,3)4)30-44(38)55(43(37)29-40(36)48)34-25-23-33(24-26-34)47-53-45(31-17-11-9-12-18-31)52-46(54-47)32-19-13-10-14-20-32/h9-30H,1-8H3. The van der Waals surface area contributed by atoms with Crippen molar-refractivity contribution < 1.29 is 0 Å². The smallest absolute Gasteiger partial charge is 0.164 e. The van der Waals surface area contributed by atoms with Gasteiger partial charge in [0.2, 0.25) is 0 Å². The number of rotatable bonds is 4. The lowest BCUT2D eigenvalue weighted by atomic mass is 9.59. The number of hydrogen-bond donors (Lipinski definition) is 0. The molecule has 0 bridgehead atoms. The largest absolute Gasteiger partial charge is 0.309 e. The van der Waals surface area contributed by atoms with E-state index in [0.29, 0.717) is 17.5 Å². The molecule has 4 nitrogen and oxygen atoms in total. The summed E-state index contributed by atoms with van der Waals surface area (Å²) in [5.41, 5.74) is 14.8. The molecule has 6 aromatic carbocycles. The van der Waals surface area contributed by atoms with Crippen molar-refractivity contribution in [3.8, 4) is 51.0 Å². The van der Waals surface area contributed by atoms with Crippen LogP contribution in [0.15, 0.2) is 133 Å². The van der Waals surface area contributed by atoms with E-state index in [9.17, 15) is 0 Å². The maximum atomic E-state index is 5.02. The fourth-order valence-electron chi connectivity index (χ4n) is 9.72. The van der Waals surface area contributed by atoms with Crippen molar-refractivity contribution in [2.24, 2.45) is 5.41 Å². The van der Waals surface area contributed by atoms with Crippen LogP contribution in [0.2, 0.25) is 0 Å². The topological polar surface area (TPSA) is 43.6 Å². The van der Waals surface area contributed by atoms with E-state index in [-0.39, 0.29) is 21.7 Å². The average molecular weight is 715 g/mol. The lowest BCUT2D eigenvalue weighted by molar-refractivity contribution is 0.125. The molecule has 2 aromatic heterocycles. The lowest BCUT2D eigenvalue weighted by Gasteiger charge is -2.44. The Morgan fingerprint density at radius 3 is 1.42 bits per heavy atom. The van der Waals surface area contributed by atoms with E-state index in [4.69, 9.17) is 15.0 Å². The molecule has 2 aliphatic carbocycles. The van der Waals surface area contributed by atoms with Crippen LogP contribution in [0, 0.1) is 5.41 Å². The summed E-state index contributed by atoms with van der Waals surface area (Å²) < 4.78 is 2.50. The molecule has 55 heavy (non-hydrogen) atoms. The SMILES string of the molecule is CC1(C)c2ccccc2-c2cc3c4cc5c(cc4n(-c4ccc(-c6nc(-c7ccccc7)nc(-c7ccccc7)n6)cc4)c3cc21)C(C)(C)C(C)(C)C5(C)C. The van der Waals surface area contributed by atoms with Gasteiger partial charge in [0.1, 0.15) is 0 Å². The monoisotopic (exact) mass is 714 g/mol. The first-order chi connectivity index (χ1) is 26.3. The van der Waals surface area contributed by atoms with E-state index in [1.807, 2.05) is 36.4 Å². The van der Waals surface area contributed by atoms with Gasteiger partial charge in [-0.2, -0.15) is 0 Å². The second-order valence-corrected chi connectivity index (χ2v) is 17.8. The summed E-state index contributed by atoms with van der Waals surface area (Å²) in [5.74, 6) is 1.98. The predicted molar refractivity (Wildman–Crippen MR) is 228 cm³/mol. The molecule has 0 radical (unpaired) electrons. The van der Waals surface area contributed by atoms with Crippen LogP contribution < -0.4 is 0 Å². The minimum Gasteiger partial charge on any atom is -0.309 e. The van der Waals surface area contributed by atoms with Crippen LogP contribution in [0.25, 0.3) is 72.8 Å². The Labute approximate surface area is 324 Å². The van der Waals surface area contributed by atoms with E-state index >= 15 is 0 Å². The van der Waals surface area contributed by atoms with Gasteiger partial charge in [-0.3, -0.25) is 0 Å². The molecule has 0 saturated heterocycles. The molecule has 8 aromatic rings. The molecular weight excluding hydrogens is 669 g/mol. The number of nitrogens with zero attached hydrogens (tertiary/aromatic N) is 4. The summed E-state index contributed by atoms with van der Waals surface area (Å²) in [6, 6.07) is 48.1. The summed E-state index contributed by atoms with van der Waals surface area (Å²) in [5, 5.41) is 2.60. The predicted octanol–water partition coefficient (Wildman–Crippen LogP) is 12.9. The minimum atomic E-state index is -0.105. The van der Waals surface area contributed by atoms with E-state index in [0.717, 1.165) is 22.4 Å². The van der Waals surface area contributed by atoms with Crippen molar-refractivity contribution in [3.05, 3.63) is 156 Å². The molecule has 0 amide bonds. The third kappa shape index (κ3) is 4.61. The van der Waals surface area contributed by atoms with Gasteiger partial charge in [-0.25, -0.2) is 15.0 Å². The lowest BCUT2D eigenvalue weighted by Crippen LogP contribution is -2.42. The quantitative estimate of drug-likeness (QED) is 0.182. The van der Waals surface area contributed by atoms with Crippen LogP contribution in [-0.2, 0) is 16.2 Å². The third-order valence-corrected chi connectivity index (χ3v) is 14.2. The zero-order chi connectivity index (χ0) is 38.1. The van der Waals surface area contributed by atoms with E-state index in [2.05, 4.69) is 157 Å². The van der Waals surface area contributed by atoms with Gasteiger partial charge in [-0.05, 0) is 98.2 Å². The van der Waals surface area contributed by atoms with Crippen LogP contribution in [0.1, 0.15) is 77.6 Å². The molecular formula is C51H46N4. The van der Waals surface area contributed by atoms with Gasteiger partial charge in [0.15, 0.2) is 17.5 Å². The summed E-state index contributed by atoms with van der Waals surface area (Å²) in [6.45, 7) is 19.4. The Kier molecular flexibility index (Phi) is 6.94. The molecule has 4 heteroatoms. The molecule has 2 aliphatic rings. The van der Waals surface area contributed by atoms with Crippen molar-refractivity contribution >= 4 is 21.8 Å². The average Bonchev–Trinajstić information content (AvgIpc) is 3.67. The van der Waals surface area contributed by atoms with Gasteiger partial charge in [-0.1, -0.05) is 140 Å². The maximum Gasteiger partial charge on any atom is 0.164 e. The Bertz CT molecular complexity index is 2780. The van der Waals surface area contributed by atoms with Gasteiger partial charge >= 0.3 is 0 Å². The Morgan fingerprint density at radius 2 is 0.855 bits per heavy atom. The van der Waals surface area contributed by atoms with Crippen molar-refractivity contribution in [2.75, 3.05) is 0 Å². The van der Waals surface area contributed by atoms with Gasteiger partial charge in [0.25, 0.3) is 0 Å². The highest BCUT2D eigenvalue weighted by Gasteiger charge is 2.57. The number of benzene rings is 6. The Hall–Kier alpha value is -5.87. The number of aromatic nitrogens is 4. The van der Waals surface area contributed by atoms with Crippen LogP contribution >= 0.6 is 0 Å². The van der Waals surface area contributed by atoms with Crippen molar-refractivity contribution in [3.63, 3.8) is 0 Å². The van der Waals surface area contributed by atoms with Crippen LogP contribution in [0.5, 0.6) is 0 Å². The summed E-state index contributed by atoms with van der Waals surface area (Å²) in [6.07, 6.45) is 0. The molecule has 0 spiro atoms. The maximum absolute atomic E-state index is 5.02. The minimum absolute atomic E-state index is 0.00314. The second kappa shape index (κ2) is 11.3. The van der Waals surface area contributed by atoms with Crippen LogP contribution in [0.4, 0.5) is 0 Å². The van der Waals surface area contributed by atoms with Gasteiger partial charge in [-0.15, -0.1) is 0 Å².